The monoisotopic (exact) mass is 286 g/mol. The molecule has 2 heterocycles. The second kappa shape index (κ2) is 5.60. The van der Waals surface area contributed by atoms with Gasteiger partial charge in [0.2, 0.25) is 10.0 Å². The number of nitrogens with zero attached hydrogens (tertiary/aromatic N) is 3. The SMILES string of the molecule is CCN1CCC(NS(=O)(=O)c2cnn(C)c2C)CC1. The summed E-state index contributed by atoms with van der Waals surface area (Å²) in [6.45, 7) is 6.83. The average Bonchev–Trinajstić information content (AvgIpc) is 2.71. The predicted octanol–water partition coefficient (Wildman–Crippen LogP) is 0.491. The van der Waals surface area contributed by atoms with Gasteiger partial charge in [-0.3, -0.25) is 4.68 Å². The van der Waals surface area contributed by atoms with Crippen molar-refractivity contribution in [3.05, 3.63) is 11.9 Å². The predicted molar refractivity (Wildman–Crippen MR) is 73.4 cm³/mol. The van der Waals surface area contributed by atoms with Crippen LogP contribution in [0.1, 0.15) is 25.5 Å². The molecular weight excluding hydrogens is 264 g/mol. The Hall–Kier alpha value is -0.920. The number of nitrogens with one attached hydrogen (secondary N) is 1. The fourth-order valence-corrected chi connectivity index (χ4v) is 3.90. The van der Waals surface area contributed by atoms with Gasteiger partial charge in [-0.25, -0.2) is 13.1 Å². The van der Waals surface area contributed by atoms with Crippen molar-refractivity contribution in [1.29, 1.82) is 0 Å². The highest BCUT2D eigenvalue weighted by molar-refractivity contribution is 7.89. The van der Waals surface area contributed by atoms with Crippen molar-refractivity contribution in [2.75, 3.05) is 19.6 Å². The number of rotatable bonds is 4. The summed E-state index contributed by atoms with van der Waals surface area (Å²) in [6, 6.07) is 0.0346. The van der Waals surface area contributed by atoms with Crippen molar-refractivity contribution in [3.63, 3.8) is 0 Å². The fraction of sp³-hybridized carbons (Fsp3) is 0.750. The van der Waals surface area contributed by atoms with Gasteiger partial charge in [0.1, 0.15) is 4.90 Å². The Morgan fingerprint density at radius 2 is 2.05 bits per heavy atom. The maximum Gasteiger partial charge on any atom is 0.244 e. The number of sulfonamides is 1. The van der Waals surface area contributed by atoms with Gasteiger partial charge in [-0.2, -0.15) is 5.10 Å². The van der Waals surface area contributed by atoms with Gasteiger partial charge in [-0.15, -0.1) is 0 Å². The average molecular weight is 286 g/mol. The summed E-state index contributed by atoms with van der Waals surface area (Å²) in [7, 11) is -1.70. The smallest absolute Gasteiger partial charge is 0.244 e. The van der Waals surface area contributed by atoms with Crippen LogP contribution in [0.3, 0.4) is 0 Å². The standard InChI is InChI=1S/C12H22N4O2S/c1-4-16-7-5-11(6-8-16)14-19(17,18)12-9-13-15(3)10(12)2/h9,11,14H,4-8H2,1-3H3. The summed E-state index contributed by atoms with van der Waals surface area (Å²) in [5, 5.41) is 3.99. The Morgan fingerprint density at radius 3 is 2.53 bits per heavy atom. The number of hydrogen-bond donors (Lipinski definition) is 1. The lowest BCUT2D eigenvalue weighted by Gasteiger charge is -2.31. The van der Waals surface area contributed by atoms with Gasteiger partial charge >= 0.3 is 0 Å². The molecule has 0 saturated carbocycles. The fourth-order valence-electron chi connectivity index (χ4n) is 2.39. The van der Waals surface area contributed by atoms with Gasteiger partial charge in [0.25, 0.3) is 0 Å². The van der Waals surface area contributed by atoms with Crippen molar-refractivity contribution in [3.8, 4) is 0 Å². The van der Waals surface area contributed by atoms with E-state index < -0.39 is 10.0 Å². The molecule has 1 aromatic rings. The Bertz CT molecular complexity index is 530. The molecule has 0 radical (unpaired) electrons. The van der Waals surface area contributed by atoms with Crippen LogP contribution in [-0.4, -0.2) is 48.8 Å². The Morgan fingerprint density at radius 1 is 1.42 bits per heavy atom. The van der Waals surface area contributed by atoms with Gasteiger partial charge in [-0.1, -0.05) is 6.92 Å². The van der Waals surface area contributed by atoms with E-state index in [0.29, 0.717) is 5.69 Å². The van der Waals surface area contributed by atoms with E-state index >= 15 is 0 Å². The molecule has 1 aliphatic rings. The van der Waals surface area contributed by atoms with Gasteiger partial charge in [0.15, 0.2) is 0 Å². The van der Waals surface area contributed by atoms with E-state index in [2.05, 4.69) is 21.6 Å². The summed E-state index contributed by atoms with van der Waals surface area (Å²) >= 11 is 0. The van der Waals surface area contributed by atoms with E-state index in [-0.39, 0.29) is 10.9 Å². The van der Waals surface area contributed by atoms with Crippen molar-refractivity contribution in [2.45, 2.75) is 37.6 Å². The van der Waals surface area contributed by atoms with E-state index in [1.165, 1.54) is 6.20 Å². The topological polar surface area (TPSA) is 67.2 Å². The number of aromatic nitrogens is 2. The Kier molecular flexibility index (Phi) is 4.27. The molecule has 0 amide bonds. The van der Waals surface area contributed by atoms with Crippen molar-refractivity contribution in [1.82, 2.24) is 19.4 Å². The van der Waals surface area contributed by atoms with Crippen LogP contribution in [0, 0.1) is 6.92 Å². The highest BCUT2D eigenvalue weighted by Crippen LogP contribution is 2.17. The normalized spacial score (nSPS) is 18.9. The zero-order valence-corrected chi connectivity index (χ0v) is 12.6. The second-order valence-corrected chi connectivity index (χ2v) is 6.73. The third kappa shape index (κ3) is 3.16. The van der Waals surface area contributed by atoms with Gasteiger partial charge < -0.3 is 4.90 Å². The van der Waals surface area contributed by atoms with Gasteiger partial charge in [0.05, 0.1) is 11.9 Å². The van der Waals surface area contributed by atoms with Crippen LogP contribution < -0.4 is 4.72 Å². The van der Waals surface area contributed by atoms with E-state index in [4.69, 9.17) is 0 Å². The zero-order chi connectivity index (χ0) is 14.0. The van der Waals surface area contributed by atoms with Crippen LogP contribution in [0.25, 0.3) is 0 Å². The molecule has 2 rings (SSSR count). The first-order chi connectivity index (χ1) is 8.94. The van der Waals surface area contributed by atoms with Crippen molar-refractivity contribution in [2.24, 2.45) is 7.05 Å². The first-order valence-electron chi connectivity index (χ1n) is 6.67. The molecule has 6 nitrogen and oxygen atoms in total. The third-order valence-electron chi connectivity index (χ3n) is 3.84. The molecule has 0 aromatic carbocycles. The van der Waals surface area contributed by atoms with E-state index in [1.807, 2.05) is 0 Å². The highest BCUT2D eigenvalue weighted by atomic mass is 32.2. The van der Waals surface area contributed by atoms with Crippen LogP contribution in [0.15, 0.2) is 11.1 Å². The molecule has 108 valence electrons. The Balaban J connectivity index is 2.04. The number of piperidine rings is 1. The molecule has 7 heteroatoms. The van der Waals surface area contributed by atoms with Crippen LogP contribution in [0.2, 0.25) is 0 Å². The van der Waals surface area contributed by atoms with Crippen LogP contribution in [-0.2, 0) is 17.1 Å². The maximum atomic E-state index is 12.3. The largest absolute Gasteiger partial charge is 0.303 e. The first-order valence-corrected chi connectivity index (χ1v) is 8.15. The lowest BCUT2D eigenvalue weighted by Crippen LogP contribution is -2.44. The molecule has 0 bridgehead atoms. The van der Waals surface area contributed by atoms with E-state index in [1.54, 1.807) is 18.7 Å². The molecule has 1 aromatic heterocycles. The summed E-state index contributed by atoms with van der Waals surface area (Å²) in [6.07, 6.45) is 3.15. The summed E-state index contributed by atoms with van der Waals surface area (Å²) < 4.78 is 29.0. The van der Waals surface area contributed by atoms with E-state index in [0.717, 1.165) is 32.5 Å². The lowest BCUT2D eigenvalue weighted by atomic mass is 10.1. The highest BCUT2D eigenvalue weighted by Gasteiger charge is 2.26. The number of aryl methyl sites for hydroxylation is 1. The van der Waals surface area contributed by atoms with Gasteiger partial charge in [0, 0.05) is 13.1 Å². The summed E-state index contributed by atoms with van der Waals surface area (Å²) in [4.78, 5) is 2.62. The minimum absolute atomic E-state index is 0.0346. The molecule has 0 spiro atoms. The van der Waals surface area contributed by atoms with E-state index in [9.17, 15) is 8.42 Å². The van der Waals surface area contributed by atoms with Gasteiger partial charge in [-0.05, 0) is 39.4 Å². The quantitative estimate of drug-likeness (QED) is 0.875. The Labute approximate surface area is 114 Å². The molecule has 19 heavy (non-hydrogen) atoms. The summed E-state index contributed by atoms with van der Waals surface area (Å²) in [5.74, 6) is 0. The van der Waals surface area contributed by atoms with Crippen molar-refractivity contribution >= 4 is 10.0 Å². The molecular formula is C12H22N4O2S. The third-order valence-corrected chi connectivity index (χ3v) is 5.46. The molecule has 1 saturated heterocycles. The molecule has 1 aliphatic heterocycles. The van der Waals surface area contributed by atoms with Crippen molar-refractivity contribution < 1.29 is 8.42 Å². The number of hydrogen-bond acceptors (Lipinski definition) is 4. The second-order valence-electron chi connectivity index (χ2n) is 5.05. The minimum atomic E-state index is -3.45. The van der Waals surface area contributed by atoms with Crippen LogP contribution in [0.5, 0.6) is 0 Å². The molecule has 0 unspecified atom stereocenters. The zero-order valence-electron chi connectivity index (χ0n) is 11.8. The lowest BCUT2D eigenvalue weighted by molar-refractivity contribution is 0.217. The first kappa shape index (κ1) is 14.5. The molecule has 1 N–H and O–H groups in total. The maximum absolute atomic E-state index is 12.3. The molecule has 0 aliphatic carbocycles. The minimum Gasteiger partial charge on any atom is -0.303 e. The van der Waals surface area contributed by atoms with Crippen LogP contribution >= 0.6 is 0 Å². The number of likely N-dealkylation sites (tertiary alicyclic amines) is 1. The van der Waals surface area contributed by atoms with Crippen LogP contribution in [0.4, 0.5) is 0 Å². The molecule has 0 atom stereocenters. The molecule has 1 fully saturated rings. The summed E-state index contributed by atoms with van der Waals surface area (Å²) in [5.41, 5.74) is 0.665.